The van der Waals surface area contributed by atoms with Crippen molar-refractivity contribution in [2.45, 2.75) is 53.9 Å². The average Bonchev–Trinajstić information content (AvgIpc) is 2.73. The van der Waals surface area contributed by atoms with Gasteiger partial charge in [0.15, 0.2) is 0 Å². The zero-order valence-corrected chi connectivity index (χ0v) is 22.6. The van der Waals surface area contributed by atoms with E-state index < -0.39 is 50.1 Å². The molecule has 0 spiro atoms. The van der Waals surface area contributed by atoms with Crippen LogP contribution < -0.4 is 5.32 Å². The summed E-state index contributed by atoms with van der Waals surface area (Å²) in [7, 11) is -3.41. The third kappa shape index (κ3) is 6.10. The average molecular weight is 583 g/mol. The lowest BCUT2D eigenvalue weighted by atomic mass is 9.76. The largest absolute Gasteiger partial charge is 0.319 e. The molecule has 0 radical (unpaired) electrons. The summed E-state index contributed by atoms with van der Waals surface area (Å²) in [5.74, 6) is -3.52. The number of carbonyl (C=O) groups is 1. The molecule has 1 aliphatic heterocycles. The van der Waals surface area contributed by atoms with Gasteiger partial charge in [-0.3, -0.25) is 9.69 Å². The standard InChI is InChI=1S/C21H28Cl3F2N3O3S.ClH/c1-2-14-33(31,32)29-12-10-28(11-13-29)20(9-8-19(25,26)15-17(20)22)21(23,24)27-18(30)16-6-4-3-5-7-16;/h3-7,17H,2,8-15H2,1H3,(H,27,30);1H. The molecule has 2 fully saturated rings. The molecule has 1 amide bonds. The zero-order valence-electron chi connectivity index (χ0n) is 18.7. The smallest absolute Gasteiger partial charge is 0.253 e. The van der Waals surface area contributed by atoms with Gasteiger partial charge in [0, 0.05) is 44.6 Å². The summed E-state index contributed by atoms with van der Waals surface area (Å²) >= 11 is 20.1. The number of piperazine rings is 1. The highest BCUT2D eigenvalue weighted by molar-refractivity contribution is 7.89. The molecular weight excluding hydrogens is 554 g/mol. The maximum Gasteiger partial charge on any atom is 0.253 e. The number of alkyl halides is 5. The lowest BCUT2D eigenvalue weighted by molar-refractivity contribution is -0.0904. The van der Waals surface area contributed by atoms with Gasteiger partial charge in [-0.2, -0.15) is 4.31 Å². The van der Waals surface area contributed by atoms with Gasteiger partial charge >= 0.3 is 0 Å². The summed E-state index contributed by atoms with van der Waals surface area (Å²) in [6.07, 6.45) is -0.848. The Bertz CT molecular complexity index is 948. The van der Waals surface area contributed by atoms with Gasteiger partial charge in [0.2, 0.25) is 20.4 Å². The van der Waals surface area contributed by atoms with Crippen molar-refractivity contribution in [1.82, 2.24) is 14.5 Å². The predicted octanol–water partition coefficient (Wildman–Crippen LogP) is 4.49. The van der Waals surface area contributed by atoms with Gasteiger partial charge in [0.1, 0.15) is 0 Å². The fourth-order valence-corrected chi connectivity index (χ4v) is 7.74. The molecule has 1 heterocycles. The first-order valence-electron chi connectivity index (χ1n) is 10.8. The van der Waals surface area contributed by atoms with Crippen molar-refractivity contribution in [1.29, 1.82) is 0 Å². The summed E-state index contributed by atoms with van der Waals surface area (Å²) < 4.78 is 52.8. The summed E-state index contributed by atoms with van der Waals surface area (Å²) in [6, 6.07) is 8.26. The van der Waals surface area contributed by atoms with Crippen molar-refractivity contribution in [3.8, 4) is 0 Å². The minimum Gasteiger partial charge on any atom is -0.319 e. The van der Waals surface area contributed by atoms with E-state index in [1.54, 1.807) is 42.2 Å². The Morgan fingerprint density at radius 2 is 1.74 bits per heavy atom. The van der Waals surface area contributed by atoms with E-state index in [1.165, 1.54) is 4.31 Å². The molecule has 194 valence electrons. The van der Waals surface area contributed by atoms with Gasteiger partial charge in [-0.1, -0.05) is 48.3 Å². The Kier molecular flexibility index (Phi) is 9.92. The molecule has 2 unspecified atom stereocenters. The maximum atomic E-state index is 14.2. The first-order valence-corrected chi connectivity index (χ1v) is 13.6. The van der Waals surface area contributed by atoms with Crippen molar-refractivity contribution in [3.05, 3.63) is 35.9 Å². The van der Waals surface area contributed by atoms with Crippen LogP contribution in [0.1, 0.15) is 43.0 Å². The number of hydrogen-bond acceptors (Lipinski definition) is 4. The van der Waals surface area contributed by atoms with Crippen LogP contribution >= 0.6 is 47.2 Å². The third-order valence-corrected chi connectivity index (χ3v) is 9.81. The molecule has 1 aliphatic carbocycles. The van der Waals surface area contributed by atoms with E-state index in [2.05, 4.69) is 5.32 Å². The lowest BCUT2D eigenvalue weighted by Gasteiger charge is -2.57. The SMILES string of the molecule is CCCS(=O)(=O)N1CCN(C2(C(Cl)(Cl)NC(=O)c3ccccc3)CCC(F)(F)CC2Cl)CC1.Cl. The normalized spacial score (nSPS) is 26.5. The van der Waals surface area contributed by atoms with E-state index >= 15 is 0 Å². The minimum atomic E-state index is -3.41. The summed E-state index contributed by atoms with van der Waals surface area (Å²) in [5.41, 5.74) is -1.12. The maximum absolute atomic E-state index is 14.2. The van der Waals surface area contributed by atoms with Gasteiger partial charge in [-0.15, -0.1) is 24.0 Å². The highest BCUT2D eigenvalue weighted by Crippen LogP contribution is 2.52. The molecule has 1 aromatic rings. The van der Waals surface area contributed by atoms with Crippen molar-refractivity contribution >= 4 is 63.1 Å². The van der Waals surface area contributed by atoms with Gasteiger partial charge in [-0.05, 0) is 25.0 Å². The minimum absolute atomic E-state index is 0. The Morgan fingerprint density at radius 1 is 1.15 bits per heavy atom. The highest BCUT2D eigenvalue weighted by atomic mass is 35.5. The van der Waals surface area contributed by atoms with E-state index in [1.807, 2.05) is 0 Å². The molecule has 1 saturated heterocycles. The number of benzene rings is 1. The molecule has 6 nitrogen and oxygen atoms in total. The highest BCUT2D eigenvalue weighted by Gasteiger charge is 2.63. The molecule has 0 bridgehead atoms. The first kappa shape index (κ1) is 29.8. The van der Waals surface area contributed by atoms with Gasteiger partial charge < -0.3 is 5.32 Å². The van der Waals surface area contributed by atoms with Crippen molar-refractivity contribution in [3.63, 3.8) is 0 Å². The van der Waals surface area contributed by atoms with Crippen molar-refractivity contribution in [2.24, 2.45) is 0 Å². The van der Waals surface area contributed by atoms with Crippen LogP contribution in [0.3, 0.4) is 0 Å². The summed E-state index contributed by atoms with van der Waals surface area (Å²) in [6.45, 7) is 2.48. The predicted molar refractivity (Wildman–Crippen MR) is 134 cm³/mol. The fraction of sp³-hybridized carbons (Fsp3) is 0.667. The molecule has 34 heavy (non-hydrogen) atoms. The Hall–Kier alpha value is -0.420. The monoisotopic (exact) mass is 581 g/mol. The van der Waals surface area contributed by atoms with Crippen LogP contribution in [-0.4, -0.2) is 76.8 Å². The van der Waals surface area contributed by atoms with Gasteiger partial charge in [0.05, 0.1) is 16.7 Å². The van der Waals surface area contributed by atoms with Crippen molar-refractivity contribution < 1.29 is 22.0 Å². The first-order chi connectivity index (χ1) is 15.3. The van der Waals surface area contributed by atoms with Crippen LogP contribution in [0.25, 0.3) is 0 Å². The number of nitrogens with one attached hydrogen (secondary N) is 1. The molecule has 3 rings (SSSR count). The number of hydrogen-bond donors (Lipinski definition) is 1. The Labute approximate surface area is 220 Å². The van der Waals surface area contributed by atoms with E-state index in [-0.39, 0.29) is 50.8 Å². The van der Waals surface area contributed by atoms with Crippen LogP contribution in [0.4, 0.5) is 8.78 Å². The number of nitrogens with zero attached hydrogens (tertiary/aromatic N) is 2. The Balaban J connectivity index is 0.00000408. The molecule has 13 heteroatoms. The van der Waals surface area contributed by atoms with Crippen LogP contribution in [0, 0.1) is 0 Å². The number of amides is 1. The second-order valence-corrected chi connectivity index (χ2v) is 12.5. The molecule has 2 aliphatic rings. The fourth-order valence-electron chi connectivity index (χ4n) is 4.64. The number of halogens is 6. The molecular formula is C21H29Cl4F2N3O3S. The van der Waals surface area contributed by atoms with Crippen molar-refractivity contribution in [2.75, 3.05) is 31.9 Å². The molecule has 1 N–H and O–H groups in total. The van der Waals surface area contributed by atoms with E-state index in [4.69, 9.17) is 34.8 Å². The second-order valence-electron chi connectivity index (χ2n) is 8.55. The van der Waals surface area contributed by atoms with Gasteiger partial charge in [0.25, 0.3) is 5.91 Å². The molecule has 2 atom stereocenters. The quantitative estimate of drug-likeness (QED) is 0.380. The second kappa shape index (κ2) is 11.3. The molecule has 1 saturated carbocycles. The zero-order chi connectivity index (χ0) is 24.5. The van der Waals surface area contributed by atoms with Gasteiger partial charge in [-0.25, -0.2) is 17.2 Å². The van der Waals surface area contributed by atoms with E-state index in [0.717, 1.165) is 0 Å². The molecule has 1 aromatic carbocycles. The van der Waals surface area contributed by atoms with Crippen LogP contribution in [0.5, 0.6) is 0 Å². The van der Waals surface area contributed by atoms with Crippen LogP contribution in [0.2, 0.25) is 0 Å². The van der Waals surface area contributed by atoms with Crippen LogP contribution in [0.15, 0.2) is 30.3 Å². The molecule has 0 aromatic heterocycles. The van der Waals surface area contributed by atoms with E-state index in [0.29, 0.717) is 12.0 Å². The van der Waals surface area contributed by atoms with E-state index in [9.17, 15) is 22.0 Å². The summed E-state index contributed by atoms with van der Waals surface area (Å²) in [5, 5.41) is 1.40. The third-order valence-electron chi connectivity index (χ3n) is 6.38. The van der Waals surface area contributed by atoms with Crippen LogP contribution in [-0.2, 0) is 10.0 Å². The number of sulfonamides is 1. The Morgan fingerprint density at radius 3 is 2.26 bits per heavy atom. The summed E-state index contributed by atoms with van der Waals surface area (Å²) in [4.78, 5) is 14.6. The number of rotatable bonds is 7. The lowest BCUT2D eigenvalue weighted by Crippen LogP contribution is -2.74. The number of carbonyl (C=O) groups excluding carboxylic acids is 1. The topological polar surface area (TPSA) is 69.7 Å².